The van der Waals surface area contributed by atoms with Gasteiger partial charge in [-0.15, -0.1) is 0 Å². The van der Waals surface area contributed by atoms with Gasteiger partial charge in [0.1, 0.15) is 6.10 Å². The molecule has 2 atom stereocenters. The van der Waals surface area contributed by atoms with E-state index in [1.165, 1.54) is 25.7 Å². The third-order valence-electron chi connectivity index (χ3n) is 4.48. The zero-order chi connectivity index (χ0) is 13.0. The minimum absolute atomic E-state index is 0.0627. The van der Waals surface area contributed by atoms with Crippen molar-refractivity contribution >= 4 is 6.09 Å². The minimum atomic E-state index is -0.0627. The molecule has 1 heterocycles. The Morgan fingerprint density at radius 2 is 1.72 bits per heavy atom. The number of likely N-dealkylation sites (tertiary alicyclic amines) is 1. The van der Waals surface area contributed by atoms with Crippen LogP contribution in [0.15, 0.2) is 0 Å². The first kappa shape index (κ1) is 13.7. The maximum absolute atomic E-state index is 12.1. The summed E-state index contributed by atoms with van der Waals surface area (Å²) in [5.74, 6) is 1.18. The van der Waals surface area contributed by atoms with E-state index in [0.29, 0.717) is 11.8 Å². The second kappa shape index (κ2) is 6.44. The number of amides is 1. The van der Waals surface area contributed by atoms with Gasteiger partial charge in [-0.05, 0) is 50.4 Å². The smallest absolute Gasteiger partial charge is 0.410 e. The number of nitrogens with zero attached hydrogens (tertiary/aromatic N) is 1. The van der Waals surface area contributed by atoms with E-state index in [1.54, 1.807) is 0 Å². The molecule has 104 valence electrons. The highest BCUT2D eigenvalue weighted by molar-refractivity contribution is 5.67. The maximum atomic E-state index is 12.1. The number of piperidine rings is 1. The van der Waals surface area contributed by atoms with Crippen LogP contribution in [-0.2, 0) is 4.74 Å². The normalized spacial score (nSPS) is 29.4. The molecular formula is C15H27NO2. The largest absolute Gasteiger partial charge is 0.446 e. The second-order valence-corrected chi connectivity index (χ2v) is 6.16. The van der Waals surface area contributed by atoms with Crippen LogP contribution in [0.3, 0.4) is 0 Å². The molecule has 0 N–H and O–H groups in total. The van der Waals surface area contributed by atoms with Crippen molar-refractivity contribution < 1.29 is 9.53 Å². The fourth-order valence-corrected chi connectivity index (χ4v) is 3.31. The van der Waals surface area contributed by atoms with Gasteiger partial charge in [0.2, 0.25) is 0 Å². The molecule has 2 fully saturated rings. The number of ether oxygens (including phenoxy) is 1. The van der Waals surface area contributed by atoms with Crippen LogP contribution in [0.5, 0.6) is 0 Å². The van der Waals surface area contributed by atoms with E-state index in [0.717, 1.165) is 32.4 Å². The molecule has 0 aromatic heterocycles. The zero-order valence-corrected chi connectivity index (χ0v) is 11.9. The van der Waals surface area contributed by atoms with Crippen molar-refractivity contribution in [3.63, 3.8) is 0 Å². The predicted molar refractivity (Wildman–Crippen MR) is 72.5 cm³/mol. The fourth-order valence-electron chi connectivity index (χ4n) is 3.31. The lowest BCUT2D eigenvalue weighted by molar-refractivity contribution is -0.000634. The van der Waals surface area contributed by atoms with Gasteiger partial charge in [0.05, 0.1) is 0 Å². The Morgan fingerprint density at radius 1 is 1.06 bits per heavy atom. The topological polar surface area (TPSA) is 29.5 Å². The molecule has 1 saturated carbocycles. The number of carbonyl (C=O) groups is 1. The van der Waals surface area contributed by atoms with Gasteiger partial charge < -0.3 is 9.64 Å². The van der Waals surface area contributed by atoms with Gasteiger partial charge in [-0.2, -0.15) is 0 Å². The molecule has 1 aliphatic carbocycles. The highest BCUT2D eigenvalue weighted by Gasteiger charge is 2.31. The molecule has 2 rings (SSSR count). The van der Waals surface area contributed by atoms with E-state index in [2.05, 4.69) is 13.8 Å². The average Bonchev–Trinajstić information content (AvgIpc) is 2.40. The van der Waals surface area contributed by atoms with Gasteiger partial charge >= 0.3 is 6.09 Å². The van der Waals surface area contributed by atoms with Crippen LogP contribution in [0.1, 0.15) is 58.8 Å². The van der Waals surface area contributed by atoms with Crippen molar-refractivity contribution in [2.24, 2.45) is 11.8 Å². The number of hydrogen-bond donors (Lipinski definition) is 0. The summed E-state index contributed by atoms with van der Waals surface area (Å²) < 4.78 is 5.79. The van der Waals surface area contributed by atoms with Crippen molar-refractivity contribution in [2.75, 3.05) is 13.1 Å². The molecule has 18 heavy (non-hydrogen) atoms. The van der Waals surface area contributed by atoms with E-state index >= 15 is 0 Å². The molecule has 0 radical (unpaired) electrons. The highest BCUT2D eigenvalue weighted by Crippen LogP contribution is 2.32. The Bertz CT molecular complexity index is 272. The lowest BCUT2D eigenvalue weighted by atomic mass is 9.79. The second-order valence-electron chi connectivity index (χ2n) is 6.16. The standard InChI is InChI=1S/C15H27NO2/c1-12(2)13-8-4-5-9-14(13)18-15(17)16-10-6-3-7-11-16/h12-14H,3-11H2,1-2H3/t13-,14+/m0/s1. The van der Waals surface area contributed by atoms with Crippen molar-refractivity contribution in [1.82, 2.24) is 4.90 Å². The molecule has 0 unspecified atom stereocenters. The highest BCUT2D eigenvalue weighted by atomic mass is 16.6. The van der Waals surface area contributed by atoms with Crippen LogP contribution in [0, 0.1) is 11.8 Å². The summed E-state index contributed by atoms with van der Waals surface area (Å²) in [5, 5.41) is 0. The summed E-state index contributed by atoms with van der Waals surface area (Å²) in [6.45, 7) is 6.27. The Balaban J connectivity index is 1.87. The Labute approximate surface area is 111 Å². The van der Waals surface area contributed by atoms with E-state index < -0.39 is 0 Å². The van der Waals surface area contributed by atoms with Crippen LogP contribution in [0.25, 0.3) is 0 Å². The first-order valence-corrected chi connectivity index (χ1v) is 7.64. The molecule has 1 aliphatic heterocycles. The van der Waals surface area contributed by atoms with Crippen molar-refractivity contribution in [3.05, 3.63) is 0 Å². The van der Waals surface area contributed by atoms with Crippen molar-refractivity contribution in [3.8, 4) is 0 Å². The van der Waals surface area contributed by atoms with Gasteiger partial charge in [-0.1, -0.05) is 20.3 Å². The summed E-state index contributed by atoms with van der Waals surface area (Å²) in [5.41, 5.74) is 0. The quantitative estimate of drug-likeness (QED) is 0.748. The number of carbonyl (C=O) groups excluding carboxylic acids is 1. The van der Waals surface area contributed by atoms with Crippen molar-refractivity contribution in [1.29, 1.82) is 0 Å². The molecule has 0 aromatic carbocycles. The predicted octanol–water partition coefficient (Wildman–Crippen LogP) is 3.82. The third kappa shape index (κ3) is 3.39. The molecule has 2 aliphatic rings. The summed E-state index contributed by atoms with van der Waals surface area (Å²) >= 11 is 0. The molecule has 0 bridgehead atoms. The molecule has 1 amide bonds. The van der Waals surface area contributed by atoms with Crippen LogP contribution in [-0.4, -0.2) is 30.2 Å². The van der Waals surface area contributed by atoms with Crippen LogP contribution in [0.4, 0.5) is 4.79 Å². The first-order valence-electron chi connectivity index (χ1n) is 7.64. The maximum Gasteiger partial charge on any atom is 0.410 e. The van der Waals surface area contributed by atoms with Crippen LogP contribution in [0.2, 0.25) is 0 Å². The molecule has 3 nitrogen and oxygen atoms in total. The van der Waals surface area contributed by atoms with Gasteiger partial charge in [0.25, 0.3) is 0 Å². The van der Waals surface area contributed by atoms with Gasteiger partial charge in [-0.3, -0.25) is 0 Å². The van der Waals surface area contributed by atoms with Crippen LogP contribution >= 0.6 is 0 Å². The van der Waals surface area contributed by atoms with Gasteiger partial charge in [-0.25, -0.2) is 4.79 Å². The van der Waals surface area contributed by atoms with Gasteiger partial charge in [0.15, 0.2) is 0 Å². The van der Waals surface area contributed by atoms with E-state index in [4.69, 9.17) is 4.74 Å². The molecular weight excluding hydrogens is 226 g/mol. The minimum Gasteiger partial charge on any atom is -0.446 e. The third-order valence-corrected chi connectivity index (χ3v) is 4.48. The van der Waals surface area contributed by atoms with Crippen molar-refractivity contribution in [2.45, 2.75) is 64.9 Å². The number of rotatable bonds is 2. The Hall–Kier alpha value is -0.730. The molecule has 0 spiro atoms. The fraction of sp³-hybridized carbons (Fsp3) is 0.933. The summed E-state index contributed by atoms with van der Waals surface area (Å²) in [4.78, 5) is 14.0. The zero-order valence-electron chi connectivity index (χ0n) is 11.9. The Kier molecular flexibility index (Phi) is 4.90. The van der Waals surface area contributed by atoms with E-state index in [9.17, 15) is 4.79 Å². The molecule has 3 heteroatoms. The van der Waals surface area contributed by atoms with Gasteiger partial charge in [0, 0.05) is 13.1 Å². The summed E-state index contributed by atoms with van der Waals surface area (Å²) in [7, 11) is 0. The van der Waals surface area contributed by atoms with E-state index in [-0.39, 0.29) is 12.2 Å². The Morgan fingerprint density at radius 3 is 2.39 bits per heavy atom. The first-order chi connectivity index (χ1) is 8.68. The lowest BCUT2D eigenvalue weighted by Gasteiger charge is -2.36. The summed E-state index contributed by atoms with van der Waals surface area (Å²) in [6, 6.07) is 0. The lowest BCUT2D eigenvalue weighted by Crippen LogP contribution is -2.41. The molecule has 0 aromatic rings. The monoisotopic (exact) mass is 253 g/mol. The molecule has 1 saturated heterocycles. The average molecular weight is 253 g/mol. The van der Waals surface area contributed by atoms with Crippen LogP contribution < -0.4 is 0 Å². The number of hydrogen-bond acceptors (Lipinski definition) is 2. The SMILES string of the molecule is CC(C)[C@@H]1CCCC[C@H]1OC(=O)N1CCCCC1. The summed E-state index contributed by atoms with van der Waals surface area (Å²) in [6.07, 6.45) is 8.39. The van der Waals surface area contributed by atoms with E-state index in [1.807, 2.05) is 4.90 Å².